The second-order valence-electron chi connectivity index (χ2n) is 2.88. The van der Waals surface area contributed by atoms with Crippen molar-refractivity contribution in [1.29, 1.82) is 0 Å². The van der Waals surface area contributed by atoms with Crippen LogP contribution in [0.25, 0.3) is 0 Å². The van der Waals surface area contributed by atoms with Crippen LogP contribution >= 0.6 is 0 Å². The summed E-state index contributed by atoms with van der Waals surface area (Å²) in [5.74, 6) is 0.519. The number of alkyl carbamates (subject to hydrolysis) is 1. The maximum absolute atomic E-state index is 10.8. The molecule has 5 heteroatoms. The van der Waals surface area contributed by atoms with Crippen LogP contribution in [0.4, 0.5) is 4.79 Å². The highest BCUT2D eigenvalue weighted by Gasteiger charge is 2.25. The van der Waals surface area contributed by atoms with Crippen LogP contribution in [0, 0.1) is 0 Å². The van der Waals surface area contributed by atoms with E-state index in [1.54, 1.807) is 19.2 Å². The lowest BCUT2D eigenvalue weighted by molar-refractivity contribution is 0.138. The van der Waals surface area contributed by atoms with Gasteiger partial charge < -0.3 is 14.8 Å². The number of pyridine rings is 1. The summed E-state index contributed by atoms with van der Waals surface area (Å²) in [6.45, 7) is 0.457. The molecule has 1 N–H and O–H groups in total. The molecule has 2 rings (SSSR count). The number of carbonyl (C=O) groups is 1. The molecule has 5 nitrogen and oxygen atoms in total. The van der Waals surface area contributed by atoms with Gasteiger partial charge in [-0.25, -0.2) is 9.78 Å². The van der Waals surface area contributed by atoms with Gasteiger partial charge in [-0.1, -0.05) is 6.07 Å². The van der Waals surface area contributed by atoms with Gasteiger partial charge in [-0.05, 0) is 6.07 Å². The predicted octanol–water partition coefficient (Wildman–Crippen LogP) is 0.871. The van der Waals surface area contributed by atoms with Crippen LogP contribution < -0.4 is 10.1 Å². The lowest BCUT2D eigenvalue weighted by Gasteiger charge is -2.07. The third kappa shape index (κ3) is 1.61. The number of hydrogen-bond donors (Lipinski definition) is 1. The van der Waals surface area contributed by atoms with Gasteiger partial charge in [-0.15, -0.1) is 0 Å². The molecule has 1 saturated heterocycles. The van der Waals surface area contributed by atoms with E-state index in [0.29, 0.717) is 18.1 Å². The monoisotopic (exact) mass is 194 g/mol. The largest absolute Gasteiger partial charge is 0.481 e. The van der Waals surface area contributed by atoms with Gasteiger partial charge in [0.25, 0.3) is 0 Å². The van der Waals surface area contributed by atoms with Gasteiger partial charge in [-0.2, -0.15) is 0 Å². The minimum Gasteiger partial charge on any atom is -0.481 e. The minimum absolute atomic E-state index is 0.308. The lowest BCUT2D eigenvalue weighted by atomic mass is 10.2. The van der Waals surface area contributed by atoms with Crippen molar-refractivity contribution < 1.29 is 14.3 Å². The Bertz CT molecular complexity index is 354. The fourth-order valence-corrected chi connectivity index (χ4v) is 1.28. The summed E-state index contributed by atoms with van der Waals surface area (Å²) in [5.41, 5.74) is 0.697. The highest BCUT2D eigenvalue weighted by molar-refractivity contribution is 5.69. The second kappa shape index (κ2) is 3.53. The number of aromatic nitrogens is 1. The van der Waals surface area contributed by atoms with Gasteiger partial charge in [0.05, 0.1) is 19.3 Å². The molecule has 1 amide bonds. The van der Waals surface area contributed by atoms with Gasteiger partial charge in [0.1, 0.15) is 0 Å². The molecule has 74 valence electrons. The number of rotatable bonds is 2. The van der Waals surface area contributed by atoms with Crippen LogP contribution in [0.3, 0.4) is 0 Å². The molecule has 0 bridgehead atoms. The van der Waals surface area contributed by atoms with Gasteiger partial charge in [0.15, 0.2) is 6.10 Å². The van der Waals surface area contributed by atoms with Crippen LogP contribution in [-0.4, -0.2) is 24.7 Å². The van der Waals surface area contributed by atoms with Crippen LogP contribution in [0.5, 0.6) is 5.88 Å². The number of amides is 1. The fraction of sp³-hybridized carbons (Fsp3) is 0.333. The first-order valence-electron chi connectivity index (χ1n) is 4.25. The molecule has 1 aliphatic heterocycles. The van der Waals surface area contributed by atoms with Crippen molar-refractivity contribution in [3.8, 4) is 5.88 Å². The molecule has 1 aromatic heterocycles. The number of hydrogen-bond acceptors (Lipinski definition) is 4. The second-order valence-corrected chi connectivity index (χ2v) is 2.88. The Labute approximate surface area is 81.0 Å². The van der Waals surface area contributed by atoms with Gasteiger partial charge >= 0.3 is 6.09 Å². The van der Waals surface area contributed by atoms with Crippen molar-refractivity contribution in [1.82, 2.24) is 10.3 Å². The summed E-state index contributed by atoms with van der Waals surface area (Å²) in [5, 5.41) is 2.56. The average molecular weight is 194 g/mol. The first-order chi connectivity index (χ1) is 6.79. The number of carbonyl (C=O) groups excluding carboxylic acids is 1. The zero-order valence-electron chi connectivity index (χ0n) is 7.69. The maximum atomic E-state index is 10.8. The zero-order valence-corrected chi connectivity index (χ0v) is 7.69. The van der Waals surface area contributed by atoms with E-state index in [9.17, 15) is 4.79 Å². The van der Waals surface area contributed by atoms with Crippen molar-refractivity contribution >= 4 is 6.09 Å². The highest BCUT2D eigenvalue weighted by atomic mass is 16.6. The summed E-state index contributed by atoms with van der Waals surface area (Å²) < 4.78 is 9.95. The number of methoxy groups -OCH3 is 1. The Kier molecular flexibility index (Phi) is 2.22. The van der Waals surface area contributed by atoms with Crippen molar-refractivity contribution in [2.24, 2.45) is 0 Å². The average Bonchev–Trinajstić information content (AvgIpc) is 2.65. The smallest absolute Gasteiger partial charge is 0.408 e. The molecule has 1 atom stereocenters. The van der Waals surface area contributed by atoms with Crippen LogP contribution in [0.1, 0.15) is 11.8 Å². The zero-order chi connectivity index (χ0) is 9.97. The molecule has 0 radical (unpaired) electrons. The molecule has 1 unspecified atom stereocenters. The lowest BCUT2D eigenvalue weighted by Crippen LogP contribution is -2.12. The molecule has 2 heterocycles. The quantitative estimate of drug-likeness (QED) is 0.758. The van der Waals surface area contributed by atoms with E-state index >= 15 is 0 Å². The molecular weight excluding hydrogens is 184 g/mol. The van der Waals surface area contributed by atoms with Crippen molar-refractivity contribution in [3.05, 3.63) is 23.9 Å². The van der Waals surface area contributed by atoms with Gasteiger partial charge in [0.2, 0.25) is 5.88 Å². The first kappa shape index (κ1) is 8.80. The standard InChI is InChI=1S/C9H10N2O3/c1-13-8-4-2-3-6(11-8)7-5-10-9(12)14-7/h2-4,7H,5H2,1H3,(H,10,12). The number of ether oxygens (including phenoxy) is 2. The van der Waals surface area contributed by atoms with E-state index in [2.05, 4.69) is 10.3 Å². The third-order valence-electron chi connectivity index (χ3n) is 1.97. The Morgan fingerprint density at radius 2 is 2.50 bits per heavy atom. The Hall–Kier alpha value is -1.78. The summed E-state index contributed by atoms with van der Waals surface area (Å²) in [7, 11) is 1.55. The SMILES string of the molecule is COc1cccc(C2CNC(=O)O2)n1. The Balaban J connectivity index is 2.19. The summed E-state index contributed by atoms with van der Waals surface area (Å²) >= 11 is 0. The van der Waals surface area contributed by atoms with E-state index < -0.39 is 6.09 Å². The molecular formula is C9H10N2O3. The van der Waals surface area contributed by atoms with E-state index in [1.165, 1.54) is 0 Å². The minimum atomic E-state index is -0.403. The van der Waals surface area contributed by atoms with Gasteiger partial charge in [0, 0.05) is 6.07 Å². The Morgan fingerprint density at radius 1 is 1.64 bits per heavy atom. The molecule has 0 spiro atoms. The molecule has 1 aromatic rings. The van der Waals surface area contributed by atoms with Crippen LogP contribution in [0.2, 0.25) is 0 Å². The van der Waals surface area contributed by atoms with Crippen molar-refractivity contribution in [2.75, 3.05) is 13.7 Å². The number of nitrogens with one attached hydrogen (secondary N) is 1. The molecule has 0 aliphatic carbocycles. The van der Waals surface area contributed by atoms with Crippen molar-refractivity contribution in [3.63, 3.8) is 0 Å². The highest BCUT2D eigenvalue weighted by Crippen LogP contribution is 2.20. The molecule has 1 aliphatic rings. The van der Waals surface area contributed by atoms with Crippen molar-refractivity contribution in [2.45, 2.75) is 6.10 Å². The topological polar surface area (TPSA) is 60.5 Å². The molecule has 0 saturated carbocycles. The van der Waals surface area contributed by atoms with E-state index in [4.69, 9.17) is 9.47 Å². The fourth-order valence-electron chi connectivity index (χ4n) is 1.28. The first-order valence-corrected chi connectivity index (χ1v) is 4.25. The summed E-state index contributed by atoms with van der Waals surface area (Å²) in [6.07, 6.45) is -0.711. The predicted molar refractivity (Wildman–Crippen MR) is 48.0 cm³/mol. The van der Waals surface area contributed by atoms with Crippen LogP contribution in [-0.2, 0) is 4.74 Å². The maximum Gasteiger partial charge on any atom is 0.408 e. The number of cyclic esters (lactones) is 1. The summed E-state index contributed by atoms with van der Waals surface area (Å²) in [4.78, 5) is 15.0. The van der Waals surface area contributed by atoms with E-state index in [1.807, 2.05) is 6.07 Å². The van der Waals surface area contributed by atoms with Gasteiger partial charge in [-0.3, -0.25) is 0 Å². The van der Waals surface area contributed by atoms with E-state index in [-0.39, 0.29) is 6.10 Å². The Morgan fingerprint density at radius 3 is 3.14 bits per heavy atom. The molecule has 0 aromatic carbocycles. The molecule has 1 fully saturated rings. The number of nitrogens with zero attached hydrogens (tertiary/aromatic N) is 1. The molecule has 14 heavy (non-hydrogen) atoms. The van der Waals surface area contributed by atoms with E-state index in [0.717, 1.165) is 0 Å². The normalized spacial score (nSPS) is 20.1. The summed E-state index contributed by atoms with van der Waals surface area (Å²) in [6, 6.07) is 5.36. The van der Waals surface area contributed by atoms with Crippen LogP contribution in [0.15, 0.2) is 18.2 Å². The third-order valence-corrected chi connectivity index (χ3v) is 1.97.